The molecule has 1 fully saturated rings. The van der Waals surface area contributed by atoms with Gasteiger partial charge in [0.1, 0.15) is 5.60 Å². The van der Waals surface area contributed by atoms with Gasteiger partial charge in [0.05, 0.1) is 5.54 Å². The third-order valence-corrected chi connectivity index (χ3v) is 2.99. The molecule has 18 heavy (non-hydrogen) atoms. The average molecular weight is 257 g/mol. The Morgan fingerprint density at radius 3 is 2.56 bits per heavy atom. The van der Waals surface area contributed by atoms with Gasteiger partial charge in [-0.25, -0.2) is 4.79 Å². The number of rotatable bonds is 3. The predicted molar refractivity (Wildman–Crippen MR) is 72.5 cm³/mol. The van der Waals surface area contributed by atoms with Crippen LogP contribution in [0.5, 0.6) is 0 Å². The van der Waals surface area contributed by atoms with Crippen LogP contribution in [0.3, 0.4) is 0 Å². The molecule has 5 heteroatoms. The highest BCUT2D eigenvalue weighted by Gasteiger charge is 2.40. The number of likely N-dealkylation sites (tertiary alicyclic amines) is 1. The molecule has 0 bridgehead atoms. The van der Waals surface area contributed by atoms with Crippen molar-refractivity contribution in [2.45, 2.75) is 58.2 Å². The summed E-state index contributed by atoms with van der Waals surface area (Å²) in [5.41, 5.74) is 5.26. The summed E-state index contributed by atoms with van der Waals surface area (Å²) in [6.45, 7) is 11.7. The van der Waals surface area contributed by atoms with Crippen LogP contribution in [0.4, 0.5) is 4.79 Å². The molecule has 1 saturated heterocycles. The van der Waals surface area contributed by atoms with Crippen molar-refractivity contribution in [2.24, 2.45) is 5.73 Å². The highest BCUT2D eigenvalue weighted by Crippen LogP contribution is 2.23. The molecule has 0 radical (unpaired) electrons. The number of hydrogen-bond donors (Lipinski definition) is 2. The molecule has 5 nitrogen and oxygen atoms in total. The van der Waals surface area contributed by atoms with E-state index >= 15 is 0 Å². The number of carbonyl (C=O) groups is 1. The second-order valence-electron chi connectivity index (χ2n) is 6.44. The van der Waals surface area contributed by atoms with Crippen LogP contribution in [-0.2, 0) is 4.74 Å². The summed E-state index contributed by atoms with van der Waals surface area (Å²) >= 11 is 0. The van der Waals surface area contributed by atoms with Gasteiger partial charge in [-0.3, -0.25) is 0 Å². The van der Waals surface area contributed by atoms with Gasteiger partial charge < -0.3 is 20.7 Å². The monoisotopic (exact) mass is 257 g/mol. The molecule has 0 aromatic rings. The molecule has 1 heterocycles. The molecular weight excluding hydrogens is 230 g/mol. The van der Waals surface area contributed by atoms with E-state index in [1.165, 1.54) is 0 Å². The Kier molecular flexibility index (Phi) is 4.61. The van der Waals surface area contributed by atoms with Crippen molar-refractivity contribution in [1.29, 1.82) is 0 Å². The van der Waals surface area contributed by atoms with Crippen molar-refractivity contribution >= 4 is 6.09 Å². The molecule has 1 amide bonds. The van der Waals surface area contributed by atoms with E-state index in [9.17, 15) is 4.79 Å². The molecule has 0 spiro atoms. The number of amides is 1. The molecule has 0 aromatic carbocycles. The maximum Gasteiger partial charge on any atom is 0.410 e. The van der Waals surface area contributed by atoms with Crippen LogP contribution >= 0.6 is 0 Å². The molecule has 106 valence electrons. The summed E-state index contributed by atoms with van der Waals surface area (Å²) < 4.78 is 5.38. The van der Waals surface area contributed by atoms with Gasteiger partial charge in [-0.15, -0.1) is 0 Å². The Labute approximate surface area is 110 Å². The van der Waals surface area contributed by atoms with E-state index in [2.05, 4.69) is 19.2 Å². The summed E-state index contributed by atoms with van der Waals surface area (Å²) in [4.78, 5) is 13.7. The fraction of sp³-hybridized carbons (Fsp3) is 0.923. The first-order valence-electron chi connectivity index (χ1n) is 6.63. The van der Waals surface area contributed by atoms with Gasteiger partial charge in [0, 0.05) is 25.7 Å². The summed E-state index contributed by atoms with van der Waals surface area (Å²) in [6, 6.07) is 0.354. The molecule has 1 atom stereocenters. The summed E-state index contributed by atoms with van der Waals surface area (Å²) in [5.74, 6) is 0. The topological polar surface area (TPSA) is 67.6 Å². The number of nitrogens with two attached hydrogens (primary N) is 1. The van der Waals surface area contributed by atoms with Gasteiger partial charge in [-0.2, -0.15) is 0 Å². The van der Waals surface area contributed by atoms with E-state index < -0.39 is 5.60 Å². The van der Waals surface area contributed by atoms with Gasteiger partial charge in [0.25, 0.3) is 0 Å². The predicted octanol–water partition coefficient (Wildman–Crippen LogP) is 1.32. The van der Waals surface area contributed by atoms with Gasteiger partial charge in [0.15, 0.2) is 0 Å². The van der Waals surface area contributed by atoms with E-state index in [0.717, 1.165) is 6.42 Å². The number of carbonyl (C=O) groups excluding carboxylic acids is 1. The van der Waals surface area contributed by atoms with Gasteiger partial charge in [-0.1, -0.05) is 13.8 Å². The maximum atomic E-state index is 12.0. The minimum absolute atomic E-state index is 0.162. The van der Waals surface area contributed by atoms with Crippen LogP contribution in [0.15, 0.2) is 0 Å². The summed E-state index contributed by atoms with van der Waals surface area (Å²) in [5, 5.41) is 3.48. The van der Waals surface area contributed by atoms with Crippen molar-refractivity contribution in [3.05, 3.63) is 0 Å². The Hall–Kier alpha value is -0.810. The highest BCUT2D eigenvalue weighted by molar-refractivity contribution is 5.68. The molecule has 1 aliphatic rings. The maximum absolute atomic E-state index is 12.0. The molecule has 1 unspecified atom stereocenters. The third-order valence-electron chi connectivity index (χ3n) is 2.99. The Morgan fingerprint density at radius 1 is 1.50 bits per heavy atom. The van der Waals surface area contributed by atoms with Gasteiger partial charge in [0.2, 0.25) is 0 Å². The van der Waals surface area contributed by atoms with E-state index in [1.54, 1.807) is 4.90 Å². The van der Waals surface area contributed by atoms with Crippen LogP contribution in [0.1, 0.15) is 41.0 Å². The molecule has 0 aromatic heterocycles. The second kappa shape index (κ2) is 5.45. The van der Waals surface area contributed by atoms with E-state index in [1.807, 2.05) is 20.8 Å². The number of nitrogens with zero attached hydrogens (tertiary/aromatic N) is 1. The van der Waals surface area contributed by atoms with Crippen LogP contribution in [0, 0.1) is 0 Å². The van der Waals surface area contributed by atoms with E-state index in [-0.39, 0.29) is 11.6 Å². The first-order valence-corrected chi connectivity index (χ1v) is 6.63. The Balaban J connectivity index is 2.61. The minimum Gasteiger partial charge on any atom is -0.444 e. The Morgan fingerprint density at radius 2 is 2.11 bits per heavy atom. The smallest absolute Gasteiger partial charge is 0.410 e. The lowest BCUT2D eigenvalue weighted by Gasteiger charge is -2.32. The van der Waals surface area contributed by atoms with Gasteiger partial charge >= 0.3 is 6.09 Å². The van der Waals surface area contributed by atoms with Crippen molar-refractivity contribution in [3.8, 4) is 0 Å². The zero-order chi connectivity index (χ0) is 14.0. The van der Waals surface area contributed by atoms with Crippen molar-refractivity contribution < 1.29 is 9.53 Å². The molecule has 1 rings (SSSR count). The van der Waals surface area contributed by atoms with Crippen LogP contribution < -0.4 is 11.1 Å². The average Bonchev–Trinajstić information content (AvgIpc) is 2.59. The number of hydrogen-bond acceptors (Lipinski definition) is 4. The van der Waals surface area contributed by atoms with Gasteiger partial charge in [-0.05, 0) is 27.2 Å². The van der Waals surface area contributed by atoms with Crippen molar-refractivity contribution in [3.63, 3.8) is 0 Å². The quantitative estimate of drug-likeness (QED) is 0.800. The lowest BCUT2D eigenvalue weighted by molar-refractivity contribution is 0.0280. The molecular formula is C13H27N3O2. The van der Waals surface area contributed by atoms with Crippen LogP contribution in [0.2, 0.25) is 0 Å². The standard InChI is InChI=1S/C13H27N3O2/c1-10(2)15-13(8-14)6-7-16(9-13)11(17)18-12(3,4)5/h10,15H,6-9,14H2,1-5H3. The normalized spacial score (nSPS) is 24.7. The molecule has 3 N–H and O–H groups in total. The highest BCUT2D eigenvalue weighted by atomic mass is 16.6. The third kappa shape index (κ3) is 4.14. The largest absolute Gasteiger partial charge is 0.444 e. The Bertz CT molecular complexity index is 299. The lowest BCUT2D eigenvalue weighted by atomic mass is 9.98. The first kappa shape index (κ1) is 15.2. The van der Waals surface area contributed by atoms with Crippen LogP contribution in [0.25, 0.3) is 0 Å². The SMILES string of the molecule is CC(C)NC1(CN)CCN(C(=O)OC(C)(C)C)C1. The lowest BCUT2D eigenvalue weighted by Crippen LogP contribution is -2.56. The minimum atomic E-state index is -0.448. The summed E-state index contributed by atoms with van der Waals surface area (Å²) in [7, 11) is 0. The van der Waals surface area contributed by atoms with E-state index in [0.29, 0.717) is 25.7 Å². The fourth-order valence-electron chi connectivity index (χ4n) is 2.31. The number of ether oxygens (including phenoxy) is 1. The summed E-state index contributed by atoms with van der Waals surface area (Å²) in [6.07, 6.45) is 0.629. The fourth-order valence-corrected chi connectivity index (χ4v) is 2.31. The van der Waals surface area contributed by atoms with Crippen molar-refractivity contribution in [1.82, 2.24) is 10.2 Å². The number of nitrogens with one attached hydrogen (secondary N) is 1. The second-order valence-corrected chi connectivity index (χ2v) is 6.44. The van der Waals surface area contributed by atoms with Crippen molar-refractivity contribution in [2.75, 3.05) is 19.6 Å². The molecule has 1 aliphatic heterocycles. The molecule has 0 saturated carbocycles. The zero-order valence-corrected chi connectivity index (χ0v) is 12.2. The van der Waals surface area contributed by atoms with E-state index in [4.69, 9.17) is 10.5 Å². The first-order chi connectivity index (χ1) is 8.17. The molecule has 0 aliphatic carbocycles. The zero-order valence-electron chi connectivity index (χ0n) is 12.2. The van der Waals surface area contributed by atoms with Crippen LogP contribution in [-0.4, -0.2) is 47.8 Å².